The van der Waals surface area contributed by atoms with Crippen LogP contribution in [-0.4, -0.2) is 0 Å². The van der Waals surface area contributed by atoms with Gasteiger partial charge in [-0.2, -0.15) is 0 Å². The lowest BCUT2D eigenvalue weighted by molar-refractivity contribution is 0.564. The summed E-state index contributed by atoms with van der Waals surface area (Å²) in [5.74, 6) is 0. The fraction of sp³-hybridized carbons (Fsp3) is 0.800. The second-order valence-corrected chi connectivity index (χ2v) is 6.27. The Kier molecular flexibility index (Phi) is 14.5. The zero-order valence-electron chi connectivity index (χ0n) is 14.6. The highest BCUT2D eigenvalue weighted by atomic mass is 14.0. The van der Waals surface area contributed by atoms with Gasteiger partial charge in [-0.15, -0.1) is 0 Å². The van der Waals surface area contributed by atoms with Gasteiger partial charge in [-0.3, -0.25) is 0 Å². The van der Waals surface area contributed by atoms with E-state index in [1.165, 1.54) is 76.2 Å². The molecule has 0 aliphatic carbocycles. The van der Waals surface area contributed by atoms with Gasteiger partial charge < -0.3 is 0 Å². The summed E-state index contributed by atoms with van der Waals surface area (Å²) in [6.07, 6.45) is 21.2. The van der Waals surface area contributed by atoms with Crippen molar-refractivity contribution in [3.63, 3.8) is 0 Å². The normalized spacial score (nSPS) is 13.0. The van der Waals surface area contributed by atoms with Crippen LogP contribution in [0.5, 0.6) is 0 Å². The van der Waals surface area contributed by atoms with Crippen molar-refractivity contribution < 1.29 is 0 Å². The molecule has 0 rings (SSSR count). The zero-order valence-corrected chi connectivity index (χ0v) is 14.6. The van der Waals surface area contributed by atoms with Crippen LogP contribution in [0.3, 0.4) is 0 Å². The van der Waals surface area contributed by atoms with Crippen LogP contribution in [0, 0.1) is 0 Å². The van der Waals surface area contributed by atoms with Gasteiger partial charge in [0, 0.05) is 0 Å². The zero-order chi connectivity index (χ0) is 15.1. The lowest BCUT2D eigenvalue weighted by Crippen LogP contribution is -1.83. The van der Waals surface area contributed by atoms with Gasteiger partial charge in [0.25, 0.3) is 0 Å². The molecule has 20 heavy (non-hydrogen) atoms. The van der Waals surface area contributed by atoms with Gasteiger partial charge >= 0.3 is 0 Å². The number of allylic oxidation sites excluding steroid dienone is 4. The molecule has 0 radical (unpaired) electrons. The van der Waals surface area contributed by atoms with E-state index in [-0.39, 0.29) is 0 Å². The van der Waals surface area contributed by atoms with Crippen molar-refractivity contribution in [2.75, 3.05) is 0 Å². The van der Waals surface area contributed by atoms with Gasteiger partial charge in [0.1, 0.15) is 0 Å². The van der Waals surface area contributed by atoms with Crippen LogP contribution in [-0.2, 0) is 0 Å². The Hall–Kier alpha value is -0.520. The summed E-state index contributed by atoms with van der Waals surface area (Å²) in [4.78, 5) is 0. The maximum Gasteiger partial charge on any atom is -0.0164 e. The van der Waals surface area contributed by atoms with E-state index >= 15 is 0 Å². The molecule has 0 N–H and O–H groups in total. The molecule has 0 spiro atoms. The second-order valence-electron chi connectivity index (χ2n) is 6.27. The SMILES string of the molecule is CCCCCCCCCCCC(C)=CCC=C(C)CC. The summed E-state index contributed by atoms with van der Waals surface area (Å²) in [5, 5.41) is 0. The molecule has 118 valence electrons. The van der Waals surface area contributed by atoms with E-state index in [1.54, 1.807) is 5.57 Å². The molecule has 0 nitrogen and oxygen atoms in total. The molecule has 0 heteroatoms. The highest BCUT2D eigenvalue weighted by Gasteiger charge is 1.93. The Bertz CT molecular complexity index is 257. The predicted molar refractivity (Wildman–Crippen MR) is 94.3 cm³/mol. The predicted octanol–water partition coefficient (Wildman–Crippen LogP) is 7.60. The van der Waals surface area contributed by atoms with E-state index in [0.29, 0.717) is 0 Å². The third kappa shape index (κ3) is 13.9. The van der Waals surface area contributed by atoms with E-state index in [0.717, 1.165) is 6.42 Å². The molecule has 0 saturated carbocycles. The molecular formula is C20H38. The molecule has 0 unspecified atom stereocenters. The van der Waals surface area contributed by atoms with Crippen molar-refractivity contribution in [3.05, 3.63) is 23.3 Å². The summed E-state index contributed by atoms with van der Waals surface area (Å²) < 4.78 is 0. The molecule has 0 aromatic rings. The van der Waals surface area contributed by atoms with Gasteiger partial charge in [-0.05, 0) is 39.5 Å². The Balaban J connectivity index is 3.39. The summed E-state index contributed by atoms with van der Waals surface area (Å²) in [6, 6.07) is 0. The minimum Gasteiger partial charge on any atom is -0.0818 e. The van der Waals surface area contributed by atoms with Gasteiger partial charge in [-0.25, -0.2) is 0 Å². The average Bonchev–Trinajstić information content (AvgIpc) is 2.45. The van der Waals surface area contributed by atoms with Crippen molar-refractivity contribution in [1.29, 1.82) is 0 Å². The number of hydrogen-bond acceptors (Lipinski definition) is 0. The Morgan fingerprint density at radius 1 is 0.650 bits per heavy atom. The molecule has 0 saturated heterocycles. The van der Waals surface area contributed by atoms with Gasteiger partial charge in [0.2, 0.25) is 0 Å². The molecule has 0 heterocycles. The first-order chi connectivity index (χ1) is 9.70. The summed E-state index contributed by atoms with van der Waals surface area (Å²) >= 11 is 0. The van der Waals surface area contributed by atoms with Crippen molar-refractivity contribution in [2.24, 2.45) is 0 Å². The lowest BCUT2D eigenvalue weighted by atomic mass is 10.0. The first-order valence-corrected chi connectivity index (χ1v) is 9.02. The highest BCUT2D eigenvalue weighted by molar-refractivity contribution is 5.05. The van der Waals surface area contributed by atoms with Crippen LogP contribution in [0.2, 0.25) is 0 Å². The smallest absolute Gasteiger partial charge is 0.0164 e. The van der Waals surface area contributed by atoms with E-state index in [4.69, 9.17) is 0 Å². The standard InChI is InChI=1S/C20H38/c1-5-7-8-9-10-11-12-13-14-16-20(4)18-15-17-19(3)6-2/h17-18H,5-16H2,1-4H3. The molecule has 0 fully saturated rings. The Labute approximate surface area is 128 Å². The number of rotatable bonds is 13. The largest absolute Gasteiger partial charge is 0.0818 e. The average molecular weight is 279 g/mol. The van der Waals surface area contributed by atoms with Crippen LogP contribution in [0.4, 0.5) is 0 Å². The maximum absolute atomic E-state index is 2.41. The van der Waals surface area contributed by atoms with Crippen LogP contribution in [0.1, 0.15) is 105 Å². The van der Waals surface area contributed by atoms with Gasteiger partial charge in [-0.1, -0.05) is 88.5 Å². The second kappa shape index (κ2) is 14.9. The quantitative estimate of drug-likeness (QED) is 0.240. The summed E-state index contributed by atoms with van der Waals surface area (Å²) in [6.45, 7) is 9.03. The van der Waals surface area contributed by atoms with Gasteiger partial charge in [0.15, 0.2) is 0 Å². The fourth-order valence-electron chi connectivity index (χ4n) is 2.42. The maximum atomic E-state index is 2.41. The molecule has 0 aromatic heterocycles. The van der Waals surface area contributed by atoms with Crippen LogP contribution in [0.15, 0.2) is 23.3 Å². The molecule has 0 bridgehead atoms. The van der Waals surface area contributed by atoms with E-state index in [9.17, 15) is 0 Å². The van der Waals surface area contributed by atoms with Crippen LogP contribution >= 0.6 is 0 Å². The van der Waals surface area contributed by atoms with Crippen molar-refractivity contribution in [3.8, 4) is 0 Å². The molecular weight excluding hydrogens is 240 g/mol. The minimum absolute atomic E-state index is 1.13. The highest BCUT2D eigenvalue weighted by Crippen LogP contribution is 2.13. The molecule has 0 aliphatic heterocycles. The lowest BCUT2D eigenvalue weighted by Gasteiger charge is -2.03. The molecule has 0 amide bonds. The van der Waals surface area contributed by atoms with Crippen molar-refractivity contribution in [1.82, 2.24) is 0 Å². The third-order valence-corrected chi connectivity index (χ3v) is 4.16. The minimum atomic E-state index is 1.13. The van der Waals surface area contributed by atoms with Crippen molar-refractivity contribution in [2.45, 2.75) is 105 Å². The summed E-state index contributed by atoms with van der Waals surface area (Å²) in [5.41, 5.74) is 3.09. The van der Waals surface area contributed by atoms with E-state index in [1.807, 2.05) is 0 Å². The Morgan fingerprint density at radius 3 is 1.70 bits per heavy atom. The van der Waals surface area contributed by atoms with Gasteiger partial charge in [0.05, 0.1) is 0 Å². The first kappa shape index (κ1) is 19.5. The number of unbranched alkanes of at least 4 members (excludes halogenated alkanes) is 8. The summed E-state index contributed by atoms with van der Waals surface area (Å²) in [7, 11) is 0. The third-order valence-electron chi connectivity index (χ3n) is 4.16. The van der Waals surface area contributed by atoms with Crippen LogP contribution in [0.25, 0.3) is 0 Å². The molecule has 0 aliphatic rings. The fourth-order valence-corrected chi connectivity index (χ4v) is 2.42. The molecule has 0 aromatic carbocycles. The Morgan fingerprint density at radius 2 is 1.15 bits per heavy atom. The topological polar surface area (TPSA) is 0 Å². The monoisotopic (exact) mass is 278 g/mol. The number of hydrogen-bond donors (Lipinski definition) is 0. The molecule has 0 atom stereocenters. The van der Waals surface area contributed by atoms with Crippen LogP contribution < -0.4 is 0 Å². The van der Waals surface area contributed by atoms with E-state index < -0.39 is 0 Å². The van der Waals surface area contributed by atoms with E-state index in [2.05, 4.69) is 39.8 Å². The van der Waals surface area contributed by atoms with Crippen molar-refractivity contribution >= 4 is 0 Å². The first-order valence-electron chi connectivity index (χ1n) is 9.02.